The first-order valence-corrected chi connectivity index (χ1v) is 6.20. The number of halogens is 1. The second kappa shape index (κ2) is 5.06. The van der Waals surface area contributed by atoms with Crippen LogP contribution in [-0.4, -0.2) is 61.7 Å². The minimum absolute atomic E-state index is 0.0334. The Morgan fingerprint density at radius 2 is 2.24 bits per heavy atom. The molecule has 0 unspecified atom stereocenters. The average molecular weight is 299 g/mol. The molecule has 3 rings (SSSR count). The van der Waals surface area contributed by atoms with Crippen molar-refractivity contribution in [1.29, 1.82) is 0 Å². The van der Waals surface area contributed by atoms with Crippen LogP contribution in [0.4, 0.5) is 10.3 Å². The minimum Gasteiger partial charge on any atom is -0.468 e. The number of methoxy groups -OCH3 is 1. The van der Waals surface area contributed by atoms with E-state index in [9.17, 15) is 9.50 Å². The van der Waals surface area contributed by atoms with Crippen molar-refractivity contribution in [1.82, 2.24) is 19.4 Å². The van der Waals surface area contributed by atoms with E-state index in [-0.39, 0.29) is 23.4 Å². The maximum atomic E-state index is 14.1. The highest BCUT2D eigenvalue weighted by molar-refractivity contribution is 5.39. The molecule has 2 aromatic heterocycles. The highest BCUT2D eigenvalue weighted by atomic mass is 19.1. The van der Waals surface area contributed by atoms with Gasteiger partial charge in [-0.05, 0) is 0 Å². The van der Waals surface area contributed by atoms with E-state index in [4.69, 9.17) is 20.3 Å². The van der Waals surface area contributed by atoms with Gasteiger partial charge < -0.3 is 25.4 Å². The fourth-order valence-electron chi connectivity index (χ4n) is 2.28. The summed E-state index contributed by atoms with van der Waals surface area (Å²) in [6.07, 6.45) is -3.78. The summed E-state index contributed by atoms with van der Waals surface area (Å²) in [5.74, 6) is 0.140. The van der Waals surface area contributed by atoms with Crippen LogP contribution in [0.5, 0.6) is 6.01 Å². The SMILES string of the molecule is COc1nc(N)nc2nc([C@@H]3O[C@H](CO)[C@@H](O)[C@H]3F)cn12. The van der Waals surface area contributed by atoms with Gasteiger partial charge in [0.25, 0.3) is 0 Å². The van der Waals surface area contributed by atoms with Gasteiger partial charge in [0.05, 0.1) is 19.4 Å². The summed E-state index contributed by atoms with van der Waals surface area (Å²) in [4.78, 5) is 11.9. The zero-order chi connectivity index (χ0) is 15.1. The van der Waals surface area contributed by atoms with E-state index in [2.05, 4.69) is 15.0 Å². The summed E-state index contributed by atoms with van der Waals surface area (Å²) in [5.41, 5.74) is 5.73. The molecule has 0 spiro atoms. The molecule has 1 aliphatic heterocycles. The van der Waals surface area contributed by atoms with Crippen molar-refractivity contribution >= 4 is 11.7 Å². The number of aliphatic hydroxyl groups is 2. The Morgan fingerprint density at radius 1 is 1.48 bits per heavy atom. The van der Waals surface area contributed by atoms with E-state index in [1.54, 1.807) is 0 Å². The zero-order valence-electron chi connectivity index (χ0n) is 11.0. The van der Waals surface area contributed by atoms with E-state index >= 15 is 0 Å². The van der Waals surface area contributed by atoms with Crippen LogP contribution < -0.4 is 10.5 Å². The molecule has 1 fully saturated rings. The summed E-state index contributed by atoms with van der Waals surface area (Å²) < 4.78 is 25.8. The zero-order valence-corrected chi connectivity index (χ0v) is 11.0. The van der Waals surface area contributed by atoms with Crippen LogP contribution in [0.1, 0.15) is 11.8 Å². The van der Waals surface area contributed by atoms with Gasteiger partial charge in [0, 0.05) is 6.20 Å². The molecule has 0 amide bonds. The van der Waals surface area contributed by atoms with Gasteiger partial charge in [-0.2, -0.15) is 9.97 Å². The molecular weight excluding hydrogens is 285 g/mol. The summed E-state index contributed by atoms with van der Waals surface area (Å²) in [5, 5.41) is 18.7. The predicted molar refractivity (Wildman–Crippen MR) is 67.3 cm³/mol. The molecule has 3 heterocycles. The molecule has 0 aromatic carbocycles. The number of fused-ring (bicyclic) bond motifs is 1. The standard InChI is InChI=1S/C11H14FN5O4/c1-20-11-16-9(13)15-10-14-4(2-17(10)11)8-6(12)7(19)5(3-18)21-8/h2,5-8,18-19H,3H2,1H3,(H2,13,14,15)/t5-,6-,7-,8+/m1/s1. The van der Waals surface area contributed by atoms with Crippen LogP contribution in [0.2, 0.25) is 0 Å². The van der Waals surface area contributed by atoms with Gasteiger partial charge in [0.1, 0.15) is 18.3 Å². The van der Waals surface area contributed by atoms with Gasteiger partial charge >= 0.3 is 6.01 Å². The number of rotatable bonds is 3. The normalized spacial score (nSPS) is 29.1. The van der Waals surface area contributed by atoms with Crippen molar-refractivity contribution in [3.8, 4) is 6.01 Å². The number of hydrogen-bond acceptors (Lipinski definition) is 8. The molecule has 4 N–H and O–H groups in total. The number of nitrogen functional groups attached to an aromatic ring is 1. The monoisotopic (exact) mass is 299 g/mol. The quantitative estimate of drug-likeness (QED) is 0.648. The number of aliphatic hydroxyl groups excluding tert-OH is 2. The first-order valence-electron chi connectivity index (χ1n) is 6.20. The van der Waals surface area contributed by atoms with Gasteiger partial charge in [-0.15, -0.1) is 0 Å². The molecule has 1 aliphatic rings. The number of imidazole rings is 1. The number of nitrogens with two attached hydrogens (primary N) is 1. The maximum absolute atomic E-state index is 14.1. The van der Waals surface area contributed by atoms with Gasteiger partial charge in [-0.25, -0.2) is 13.8 Å². The smallest absolute Gasteiger partial charge is 0.306 e. The molecule has 2 aromatic rings. The third-order valence-corrected chi connectivity index (χ3v) is 3.31. The summed E-state index contributed by atoms with van der Waals surface area (Å²) in [6.45, 7) is -0.485. The molecule has 0 saturated carbocycles. The Labute approximate surface area is 118 Å². The van der Waals surface area contributed by atoms with Crippen molar-refractivity contribution < 1.29 is 24.1 Å². The van der Waals surface area contributed by atoms with Crippen molar-refractivity contribution in [2.75, 3.05) is 19.5 Å². The molecule has 0 aliphatic carbocycles. The van der Waals surface area contributed by atoms with E-state index in [0.29, 0.717) is 0 Å². The van der Waals surface area contributed by atoms with Crippen molar-refractivity contribution in [3.05, 3.63) is 11.9 Å². The lowest BCUT2D eigenvalue weighted by molar-refractivity contribution is -0.0235. The Bertz CT molecular complexity index is 665. The summed E-state index contributed by atoms with van der Waals surface area (Å²) in [6, 6.07) is 0.143. The van der Waals surface area contributed by atoms with Crippen LogP contribution in [0.15, 0.2) is 6.20 Å². The summed E-state index contributed by atoms with van der Waals surface area (Å²) in [7, 11) is 1.40. The molecule has 1 saturated heterocycles. The molecule has 9 nitrogen and oxygen atoms in total. The number of ether oxygens (including phenoxy) is 2. The van der Waals surface area contributed by atoms with E-state index < -0.39 is 31.1 Å². The minimum atomic E-state index is -1.71. The molecule has 4 atom stereocenters. The highest BCUT2D eigenvalue weighted by Crippen LogP contribution is 2.35. The van der Waals surface area contributed by atoms with E-state index in [1.165, 1.54) is 17.7 Å². The largest absolute Gasteiger partial charge is 0.468 e. The number of alkyl halides is 1. The summed E-state index contributed by atoms with van der Waals surface area (Å²) >= 11 is 0. The second-order valence-electron chi connectivity index (χ2n) is 4.62. The Morgan fingerprint density at radius 3 is 2.86 bits per heavy atom. The molecule has 0 bridgehead atoms. The molecule has 10 heteroatoms. The Balaban J connectivity index is 2.02. The Kier molecular flexibility index (Phi) is 3.35. The van der Waals surface area contributed by atoms with Gasteiger partial charge in [-0.1, -0.05) is 0 Å². The van der Waals surface area contributed by atoms with Crippen LogP contribution >= 0.6 is 0 Å². The molecule has 0 radical (unpaired) electrons. The van der Waals surface area contributed by atoms with Crippen LogP contribution in [0.3, 0.4) is 0 Å². The topological polar surface area (TPSA) is 128 Å². The Hall–Kier alpha value is -2.04. The molecule has 114 valence electrons. The maximum Gasteiger partial charge on any atom is 0.306 e. The van der Waals surface area contributed by atoms with Gasteiger partial charge in [0.15, 0.2) is 6.17 Å². The first kappa shape index (κ1) is 13.9. The third kappa shape index (κ3) is 2.17. The fraction of sp³-hybridized carbons (Fsp3) is 0.545. The van der Waals surface area contributed by atoms with Crippen molar-refractivity contribution in [2.45, 2.75) is 24.5 Å². The lowest BCUT2D eigenvalue weighted by Crippen LogP contribution is -2.30. The fourth-order valence-corrected chi connectivity index (χ4v) is 2.28. The third-order valence-electron chi connectivity index (χ3n) is 3.31. The number of anilines is 1. The number of hydrogen-bond donors (Lipinski definition) is 3. The number of nitrogens with zero attached hydrogens (tertiary/aromatic N) is 4. The lowest BCUT2D eigenvalue weighted by atomic mass is 10.1. The van der Waals surface area contributed by atoms with Crippen molar-refractivity contribution in [3.63, 3.8) is 0 Å². The van der Waals surface area contributed by atoms with Crippen LogP contribution in [-0.2, 0) is 4.74 Å². The highest BCUT2D eigenvalue weighted by Gasteiger charge is 2.45. The molecule has 21 heavy (non-hydrogen) atoms. The van der Waals surface area contributed by atoms with E-state index in [0.717, 1.165) is 0 Å². The van der Waals surface area contributed by atoms with E-state index in [1.807, 2.05) is 0 Å². The van der Waals surface area contributed by atoms with Crippen molar-refractivity contribution in [2.24, 2.45) is 0 Å². The van der Waals surface area contributed by atoms with Gasteiger partial charge in [0.2, 0.25) is 11.7 Å². The second-order valence-corrected chi connectivity index (χ2v) is 4.62. The van der Waals surface area contributed by atoms with Crippen LogP contribution in [0, 0.1) is 0 Å². The first-order chi connectivity index (χ1) is 10.0. The average Bonchev–Trinajstić information content (AvgIpc) is 3.00. The van der Waals surface area contributed by atoms with Crippen LogP contribution in [0.25, 0.3) is 5.78 Å². The van der Waals surface area contributed by atoms with Gasteiger partial charge in [-0.3, -0.25) is 0 Å². The predicted octanol–water partition coefficient (Wildman–Crippen LogP) is -1.15. The molecular formula is C11H14FN5O4. The number of aromatic nitrogens is 4. The lowest BCUT2D eigenvalue weighted by Gasteiger charge is -2.09.